The lowest BCUT2D eigenvalue weighted by Crippen LogP contribution is -2.44. The van der Waals surface area contributed by atoms with Crippen LogP contribution >= 0.6 is 11.6 Å². The first-order valence-electron chi connectivity index (χ1n) is 9.18. The molecule has 1 heterocycles. The average molecular weight is 388 g/mol. The highest BCUT2D eigenvalue weighted by Crippen LogP contribution is 2.39. The fourth-order valence-electron chi connectivity index (χ4n) is 3.45. The summed E-state index contributed by atoms with van der Waals surface area (Å²) in [5.41, 5.74) is 2.51. The summed E-state index contributed by atoms with van der Waals surface area (Å²) in [6.07, 6.45) is 0.0739. The van der Waals surface area contributed by atoms with E-state index in [9.17, 15) is 4.79 Å². The number of ether oxygens (including phenoxy) is 2. The molecule has 0 radical (unpaired) electrons. The molecule has 5 heteroatoms. The molecule has 1 aliphatic heterocycles. The number of halogens is 1. The number of carbonyl (C=O) groups is 1. The molecule has 0 fully saturated rings. The van der Waals surface area contributed by atoms with Gasteiger partial charge in [-0.3, -0.25) is 4.79 Å². The smallest absolute Gasteiger partial charge is 0.261 e. The molecule has 27 heavy (non-hydrogen) atoms. The molecule has 1 amide bonds. The average Bonchev–Trinajstić information content (AvgIpc) is 2.58. The summed E-state index contributed by atoms with van der Waals surface area (Å²) in [4.78, 5) is 12.8. The molecular formula is C22H26ClNO3. The van der Waals surface area contributed by atoms with Crippen LogP contribution in [0.25, 0.3) is 0 Å². The van der Waals surface area contributed by atoms with Crippen LogP contribution in [0.5, 0.6) is 11.5 Å². The molecule has 0 bridgehead atoms. The van der Waals surface area contributed by atoms with E-state index in [1.807, 2.05) is 64.1 Å². The zero-order chi connectivity index (χ0) is 19.8. The lowest BCUT2D eigenvalue weighted by molar-refractivity contribution is -0.128. The van der Waals surface area contributed by atoms with Crippen molar-refractivity contribution in [3.8, 4) is 11.5 Å². The van der Waals surface area contributed by atoms with Crippen molar-refractivity contribution < 1.29 is 14.3 Å². The zero-order valence-corrected chi connectivity index (χ0v) is 17.2. The number of hydrogen-bond acceptors (Lipinski definition) is 3. The third-order valence-corrected chi connectivity index (χ3v) is 5.38. The van der Waals surface area contributed by atoms with Gasteiger partial charge in [0.2, 0.25) is 0 Å². The number of aryl methyl sites for hydroxylation is 2. The molecule has 0 spiro atoms. The molecule has 0 aromatic heterocycles. The number of fused-ring (bicyclic) bond motifs is 1. The molecule has 3 rings (SSSR count). The third-order valence-electron chi connectivity index (χ3n) is 4.78. The third kappa shape index (κ3) is 4.38. The maximum Gasteiger partial charge on any atom is 0.261 e. The second-order valence-corrected chi connectivity index (χ2v) is 8.17. The molecule has 2 aromatic rings. The number of nitrogens with one attached hydrogen (secondary N) is 1. The fourth-order valence-corrected chi connectivity index (χ4v) is 3.56. The molecule has 4 nitrogen and oxygen atoms in total. The molecule has 0 aliphatic carbocycles. The van der Waals surface area contributed by atoms with Crippen LogP contribution in [-0.4, -0.2) is 17.6 Å². The lowest BCUT2D eigenvalue weighted by atomic mass is 9.89. The molecule has 0 saturated heterocycles. The summed E-state index contributed by atoms with van der Waals surface area (Å²) in [5.74, 6) is 1.30. The molecule has 0 saturated carbocycles. The van der Waals surface area contributed by atoms with Crippen LogP contribution in [0.4, 0.5) is 0 Å². The van der Waals surface area contributed by atoms with E-state index in [-0.39, 0.29) is 17.6 Å². The van der Waals surface area contributed by atoms with Crippen molar-refractivity contribution in [1.29, 1.82) is 0 Å². The standard InChI is InChI=1S/C22H26ClNO3/c1-13-10-16(11-14(2)20(13)23)26-15(3)21(25)24-18-12-22(4,5)27-19-9-7-6-8-17(18)19/h6-11,15,18H,12H2,1-5H3,(H,24,25). The number of rotatable bonds is 4. The van der Waals surface area contributed by atoms with E-state index in [2.05, 4.69) is 5.32 Å². The van der Waals surface area contributed by atoms with Crippen molar-refractivity contribution in [2.45, 2.75) is 58.8 Å². The highest BCUT2D eigenvalue weighted by molar-refractivity contribution is 6.32. The maximum atomic E-state index is 12.8. The second-order valence-electron chi connectivity index (χ2n) is 7.80. The van der Waals surface area contributed by atoms with Gasteiger partial charge in [-0.1, -0.05) is 29.8 Å². The largest absolute Gasteiger partial charge is 0.487 e. The summed E-state index contributed by atoms with van der Waals surface area (Å²) in [5, 5.41) is 3.84. The van der Waals surface area contributed by atoms with E-state index < -0.39 is 6.10 Å². The van der Waals surface area contributed by atoms with E-state index in [0.717, 1.165) is 27.5 Å². The summed E-state index contributed by atoms with van der Waals surface area (Å²) < 4.78 is 11.9. The number of para-hydroxylation sites is 1. The Kier molecular flexibility index (Phi) is 5.38. The van der Waals surface area contributed by atoms with Gasteiger partial charge in [-0.05, 0) is 63.9 Å². The molecule has 1 N–H and O–H groups in total. The van der Waals surface area contributed by atoms with Crippen molar-refractivity contribution in [3.05, 3.63) is 58.1 Å². The first kappa shape index (κ1) is 19.6. The highest BCUT2D eigenvalue weighted by Gasteiger charge is 2.35. The topological polar surface area (TPSA) is 47.6 Å². The zero-order valence-electron chi connectivity index (χ0n) is 16.4. The fraction of sp³-hybridized carbons (Fsp3) is 0.409. The Bertz CT molecular complexity index is 839. The Hall–Kier alpha value is -2.20. The van der Waals surface area contributed by atoms with Gasteiger partial charge < -0.3 is 14.8 Å². The maximum absolute atomic E-state index is 12.8. The van der Waals surface area contributed by atoms with E-state index >= 15 is 0 Å². The van der Waals surface area contributed by atoms with E-state index in [1.54, 1.807) is 6.92 Å². The number of amides is 1. The minimum Gasteiger partial charge on any atom is -0.487 e. The normalized spacial score (nSPS) is 18.8. The van der Waals surface area contributed by atoms with E-state index in [4.69, 9.17) is 21.1 Å². The highest BCUT2D eigenvalue weighted by atomic mass is 35.5. The molecule has 2 aromatic carbocycles. The van der Waals surface area contributed by atoms with Crippen molar-refractivity contribution in [3.63, 3.8) is 0 Å². The van der Waals surface area contributed by atoms with Crippen LogP contribution in [0.3, 0.4) is 0 Å². The van der Waals surface area contributed by atoms with Crippen LogP contribution < -0.4 is 14.8 Å². The van der Waals surface area contributed by atoms with Gasteiger partial charge in [0.1, 0.15) is 17.1 Å². The van der Waals surface area contributed by atoms with Gasteiger partial charge in [-0.15, -0.1) is 0 Å². The first-order chi connectivity index (χ1) is 12.7. The second kappa shape index (κ2) is 7.43. The van der Waals surface area contributed by atoms with E-state index in [1.165, 1.54) is 0 Å². The number of benzene rings is 2. The van der Waals surface area contributed by atoms with Crippen LogP contribution in [-0.2, 0) is 4.79 Å². The summed E-state index contributed by atoms with van der Waals surface area (Å²) >= 11 is 6.21. The Morgan fingerprint density at radius 1 is 1.26 bits per heavy atom. The van der Waals surface area contributed by atoms with Gasteiger partial charge in [0.15, 0.2) is 6.10 Å². The summed E-state index contributed by atoms with van der Waals surface area (Å²) in [6.45, 7) is 9.66. The Morgan fingerprint density at radius 3 is 2.56 bits per heavy atom. The van der Waals surface area contributed by atoms with Crippen molar-refractivity contribution in [2.75, 3.05) is 0 Å². The van der Waals surface area contributed by atoms with Crippen molar-refractivity contribution in [1.82, 2.24) is 5.32 Å². The lowest BCUT2D eigenvalue weighted by Gasteiger charge is -2.38. The molecular weight excluding hydrogens is 362 g/mol. The van der Waals surface area contributed by atoms with E-state index in [0.29, 0.717) is 12.2 Å². The molecule has 2 unspecified atom stereocenters. The van der Waals surface area contributed by atoms with Gasteiger partial charge in [-0.25, -0.2) is 0 Å². The van der Waals surface area contributed by atoms with Gasteiger partial charge >= 0.3 is 0 Å². The SMILES string of the molecule is Cc1cc(OC(C)C(=O)NC2CC(C)(C)Oc3ccccc32)cc(C)c1Cl. The summed E-state index contributed by atoms with van der Waals surface area (Å²) in [7, 11) is 0. The Labute approximate surface area is 165 Å². The molecule has 2 atom stereocenters. The van der Waals surface area contributed by atoms with Crippen LogP contribution in [0, 0.1) is 13.8 Å². The van der Waals surface area contributed by atoms with Crippen LogP contribution in [0.1, 0.15) is 49.9 Å². The Balaban J connectivity index is 1.73. The predicted molar refractivity (Wildman–Crippen MR) is 108 cm³/mol. The van der Waals surface area contributed by atoms with Crippen molar-refractivity contribution >= 4 is 17.5 Å². The van der Waals surface area contributed by atoms with Gasteiger partial charge in [0.05, 0.1) is 6.04 Å². The minimum absolute atomic E-state index is 0.114. The number of carbonyl (C=O) groups excluding carboxylic acids is 1. The summed E-state index contributed by atoms with van der Waals surface area (Å²) in [6, 6.07) is 11.4. The monoisotopic (exact) mass is 387 g/mol. The molecule has 1 aliphatic rings. The molecule has 144 valence electrons. The first-order valence-corrected chi connectivity index (χ1v) is 9.56. The Morgan fingerprint density at radius 2 is 1.89 bits per heavy atom. The quantitative estimate of drug-likeness (QED) is 0.789. The van der Waals surface area contributed by atoms with Crippen molar-refractivity contribution in [2.24, 2.45) is 0 Å². The number of hydrogen-bond donors (Lipinski definition) is 1. The predicted octanol–water partition coefficient (Wildman–Crippen LogP) is 5.14. The van der Waals surface area contributed by atoms with Gasteiger partial charge in [-0.2, -0.15) is 0 Å². The van der Waals surface area contributed by atoms with Gasteiger partial charge in [0.25, 0.3) is 5.91 Å². The minimum atomic E-state index is -0.622. The van der Waals surface area contributed by atoms with Gasteiger partial charge in [0, 0.05) is 17.0 Å². The van der Waals surface area contributed by atoms with Crippen LogP contribution in [0.15, 0.2) is 36.4 Å². The van der Waals surface area contributed by atoms with Crippen LogP contribution in [0.2, 0.25) is 5.02 Å².